The van der Waals surface area contributed by atoms with Crippen LogP contribution in [-0.4, -0.2) is 11.4 Å². The summed E-state index contributed by atoms with van der Waals surface area (Å²) in [6.07, 6.45) is 2.63. The molecule has 72 valence electrons. The SMILES string of the molecule is CC1=CC(C)(O)c2ccc(C=O)cc21. The Bertz CT molecular complexity index is 428. The second kappa shape index (κ2) is 2.79. The van der Waals surface area contributed by atoms with Crippen LogP contribution in [0.5, 0.6) is 0 Å². The molecule has 0 aliphatic heterocycles. The molecule has 1 aromatic carbocycles. The fourth-order valence-electron chi connectivity index (χ4n) is 1.98. The van der Waals surface area contributed by atoms with Gasteiger partial charge >= 0.3 is 0 Å². The third-order valence-electron chi connectivity index (χ3n) is 2.65. The molecule has 1 atom stereocenters. The number of carbonyl (C=O) groups is 1. The van der Waals surface area contributed by atoms with E-state index in [0.717, 1.165) is 23.0 Å². The zero-order chi connectivity index (χ0) is 10.3. The Morgan fingerprint density at radius 1 is 1.43 bits per heavy atom. The number of fused-ring (bicyclic) bond motifs is 1. The van der Waals surface area contributed by atoms with E-state index < -0.39 is 5.60 Å². The summed E-state index contributed by atoms with van der Waals surface area (Å²) >= 11 is 0. The van der Waals surface area contributed by atoms with Crippen LogP contribution in [-0.2, 0) is 5.60 Å². The molecule has 0 spiro atoms. The lowest BCUT2D eigenvalue weighted by atomic mass is 9.96. The molecule has 14 heavy (non-hydrogen) atoms. The summed E-state index contributed by atoms with van der Waals surface area (Å²) in [7, 11) is 0. The normalized spacial score (nSPS) is 24.4. The van der Waals surface area contributed by atoms with Gasteiger partial charge in [-0.3, -0.25) is 4.79 Å². The number of rotatable bonds is 1. The molecule has 0 aromatic heterocycles. The van der Waals surface area contributed by atoms with E-state index in [2.05, 4.69) is 0 Å². The van der Waals surface area contributed by atoms with Crippen LogP contribution >= 0.6 is 0 Å². The number of benzene rings is 1. The summed E-state index contributed by atoms with van der Waals surface area (Å²) < 4.78 is 0. The smallest absolute Gasteiger partial charge is 0.150 e. The van der Waals surface area contributed by atoms with E-state index in [1.807, 2.05) is 25.1 Å². The van der Waals surface area contributed by atoms with Crippen molar-refractivity contribution < 1.29 is 9.90 Å². The van der Waals surface area contributed by atoms with E-state index in [-0.39, 0.29) is 0 Å². The summed E-state index contributed by atoms with van der Waals surface area (Å²) in [5.41, 5.74) is 2.63. The van der Waals surface area contributed by atoms with Crippen LogP contribution in [0.25, 0.3) is 5.57 Å². The second-order valence-electron chi connectivity index (χ2n) is 3.90. The lowest BCUT2D eigenvalue weighted by molar-refractivity contribution is 0.111. The predicted molar refractivity (Wildman–Crippen MR) is 55.1 cm³/mol. The van der Waals surface area contributed by atoms with Crippen LogP contribution in [0.3, 0.4) is 0 Å². The van der Waals surface area contributed by atoms with Crippen molar-refractivity contribution in [2.75, 3.05) is 0 Å². The molecule has 0 saturated heterocycles. The van der Waals surface area contributed by atoms with E-state index >= 15 is 0 Å². The van der Waals surface area contributed by atoms with Gasteiger partial charge in [-0.25, -0.2) is 0 Å². The summed E-state index contributed by atoms with van der Waals surface area (Å²) in [6.45, 7) is 3.69. The van der Waals surface area contributed by atoms with Gasteiger partial charge in [0.2, 0.25) is 0 Å². The first-order valence-corrected chi connectivity index (χ1v) is 4.56. The second-order valence-corrected chi connectivity index (χ2v) is 3.90. The molecule has 0 saturated carbocycles. The van der Waals surface area contributed by atoms with E-state index in [9.17, 15) is 9.90 Å². The number of allylic oxidation sites excluding steroid dienone is 1. The maximum absolute atomic E-state index is 10.6. The van der Waals surface area contributed by atoms with Gasteiger partial charge in [0.05, 0.1) is 0 Å². The van der Waals surface area contributed by atoms with Crippen LogP contribution in [0.4, 0.5) is 0 Å². The number of hydrogen-bond donors (Lipinski definition) is 1. The minimum absolute atomic E-state index is 0.647. The number of carbonyl (C=O) groups excluding carboxylic acids is 1. The topological polar surface area (TPSA) is 37.3 Å². The zero-order valence-corrected chi connectivity index (χ0v) is 8.24. The quantitative estimate of drug-likeness (QED) is 0.685. The molecule has 2 nitrogen and oxygen atoms in total. The van der Waals surface area contributed by atoms with Crippen molar-refractivity contribution in [3.63, 3.8) is 0 Å². The molecule has 2 rings (SSSR count). The molecule has 0 heterocycles. The standard InChI is InChI=1S/C12H12O2/c1-8-6-12(2,14)11-4-3-9(7-13)5-10(8)11/h3-7,14H,1-2H3. The van der Waals surface area contributed by atoms with Crippen LogP contribution in [0.2, 0.25) is 0 Å². The van der Waals surface area contributed by atoms with Gasteiger partial charge in [-0.1, -0.05) is 12.1 Å². The maximum Gasteiger partial charge on any atom is 0.150 e. The average Bonchev–Trinajstić information content (AvgIpc) is 2.37. The van der Waals surface area contributed by atoms with Crippen LogP contribution < -0.4 is 0 Å². The van der Waals surface area contributed by atoms with Gasteiger partial charge in [0.25, 0.3) is 0 Å². The lowest BCUT2D eigenvalue weighted by Crippen LogP contribution is -2.15. The van der Waals surface area contributed by atoms with Crippen LogP contribution in [0.15, 0.2) is 24.3 Å². The molecule has 0 bridgehead atoms. The van der Waals surface area contributed by atoms with Crippen molar-refractivity contribution in [2.24, 2.45) is 0 Å². The highest BCUT2D eigenvalue weighted by molar-refractivity contribution is 5.81. The first kappa shape index (κ1) is 9.16. The minimum Gasteiger partial charge on any atom is -0.381 e. The Labute approximate surface area is 82.9 Å². The van der Waals surface area contributed by atoms with Gasteiger partial charge in [0, 0.05) is 5.56 Å². The summed E-state index contributed by atoms with van der Waals surface area (Å²) in [6, 6.07) is 5.36. The first-order valence-electron chi connectivity index (χ1n) is 4.56. The molecule has 1 aliphatic rings. The first-order chi connectivity index (χ1) is 6.54. The van der Waals surface area contributed by atoms with Gasteiger partial charge in [-0.15, -0.1) is 0 Å². The molecular formula is C12H12O2. The van der Waals surface area contributed by atoms with Crippen molar-refractivity contribution in [3.05, 3.63) is 41.0 Å². The average molecular weight is 188 g/mol. The van der Waals surface area contributed by atoms with Crippen molar-refractivity contribution in [3.8, 4) is 0 Å². The van der Waals surface area contributed by atoms with Crippen molar-refractivity contribution >= 4 is 11.9 Å². The molecule has 2 heteroatoms. The van der Waals surface area contributed by atoms with Gasteiger partial charge in [0.1, 0.15) is 11.9 Å². The highest BCUT2D eigenvalue weighted by Gasteiger charge is 2.29. The van der Waals surface area contributed by atoms with E-state index in [1.165, 1.54) is 0 Å². The van der Waals surface area contributed by atoms with E-state index in [4.69, 9.17) is 0 Å². The fourth-order valence-corrected chi connectivity index (χ4v) is 1.98. The predicted octanol–water partition coefficient (Wildman–Crippen LogP) is 2.12. The molecule has 1 aliphatic carbocycles. The van der Waals surface area contributed by atoms with Crippen LogP contribution in [0.1, 0.15) is 35.3 Å². The molecule has 0 amide bonds. The van der Waals surface area contributed by atoms with Crippen molar-refractivity contribution in [1.82, 2.24) is 0 Å². The number of aldehydes is 1. The summed E-state index contributed by atoms with van der Waals surface area (Å²) in [4.78, 5) is 10.6. The largest absolute Gasteiger partial charge is 0.381 e. The molecule has 1 unspecified atom stereocenters. The van der Waals surface area contributed by atoms with Crippen molar-refractivity contribution in [2.45, 2.75) is 19.4 Å². The van der Waals surface area contributed by atoms with E-state index in [0.29, 0.717) is 5.56 Å². The Hall–Kier alpha value is -1.41. The maximum atomic E-state index is 10.6. The highest BCUT2D eigenvalue weighted by Crippen LogP contribution is 2.38. The Kier molecular flexibility index (Phi) is 1.82. The molecular weight excluding hydrogens is 176 g/mol. The minimum atomic E-state index is -0.888. The number of aliphatic hydroxyl groups is 1. The molecule has 0 fully saturated rings. The van der Waals surface area contributed by atoms with Gasteiger partial charge in [0.15, 0.2) is 0 Å². The summed E-state index contributed by atoms with van der Waals surface area (Å²) in [5, 5.41) is 10.0. The Morgan fingerprint density at radius 2 is 2.14 bits per heavy atom. The van der Waals surface area contributed by atoms with Crippen LogP contribution in [0, 0.1) is 0 Å². The molecule has 1 N–H and O–H groups in total. The third kappa shape index (κ3) is 1.19. The highest BCUT2D eigenvalue weighted by atomic mass is 16.3. The Morgan fingerprint density at radius 3 is 2.79 bits per heavy atom. The summed E-state index contributed by atoms with van der Waals surface area (Å²) in [5.74, 6) is 0. The molecule has 0 radical (unpaired) electrons. The monoisotopic (exact) mass is 188 g/mol. The van der Waals surface area contributed by atoms with Crippen molar-refractivity contribution in [1.29, 1.82) is 0 Å². The van der Waals surface area contributed by atoms with Gasteiger partial charge in [-0.2, -0.15) is 0 Å². The Balaban J connectivity index is 2.65. The molecule has 1 aromatic rings. The van der Waals surface area contributed by atoms with Gasteiger partial charge < -0.3 is 5.11 Å². The zero-order valence-electron chi connectivity index (χ0n) is 8.24. The fraction of sp³-hybridized carbons (Fsp3) is 0.250. The lowest BCUT2D eigenvalue weighted by Gasteiger charge is -2.16. The number of hydrogen-bond acceptors (Lipinski definition) is 2. The van der Waals surface area contributed by atoms with E-state index in [1.54, 1.807) is 13.0 Å². The van der Waals surface area contributed by atoms with Gasteiger partial charge in [-0.05, 0) is 42.7 Å². The third-order valence-corrected chi connectivity index (χ3v) is 2.65.